The van der Waals surface area contributed by atoms with Gasteiger partial charge in [-0.2, -0.15) is 0 Å². The van der Waals surface area contributed by atoms with Gasteiger partial charge in [0, 0.05) is 0 Å². The third kappa shape index (κ3) is 18.7. The Hall–Kier alpha value is -0.160. The molecule has 1 atom stereocenters. The average Bonchev–Trinajstić information content (AvgIpc) is 2.14. The second kappa shape index (κ2) is 11.8. The molecule has 0 amide bonds. The average molecular weight is 194 g/mol. The Bertz CT molecular complexity index is 81.7. The topological polar surface area (TPSA) is 80.9 Å². The molecule has 0 fully saturated rings. The molecule has 4 nitrogen and oxygen atoms in total. The number of unbranched alkanes of at least 4 members (excludes halogenated alkanes) is 1. The molecule has 0 aromatic heterocycles. The normalized spacial score (nSPS) is 12.2. The molecule has 0 aliphatic carbocycles. The van der Waals surface area contributed by atoms with E-state index >= 15 is 0 Å². The van der Waals surface area contributed by atoms with Crippen LogP contribution in [0.2, 0.25) is 0 Å². The van der Waals surface area contributed by atoms with Crippen molar-refractivity contribution < 1.29 is 20.4 Å². The van der Waals surface area contributed by atoms with Gasteiger partial charge in [-0.3, -0.25) is 0 Å². The quantitative estimate of drug-likeness (QED) is 0.472. The summed E-state index contributed by atoms with van der Waals surface area (Å²) in [5.74, 6) is 0. The maximum atomic E-state index is 8.42. The van der Waals surface area contributed by atoms with Gasteiger partial charge in [0.1, 0.15) is 0 Å². The largest absolute Gasteiger partial charge is 0.394 e. The first-order chi connectivity index (χ1) is 6.08. The van der Waals surface area contributed by atoms with Crippen LogP contribution in [0.4, 0.5) is 0 Å². The van der Waals surface area contributed by atoms with Crippen molar-refractivity contribution in [1.29, 1.82) is 0 Å². The molecule has 4 N–H and O–H groups in total. The van der Waals surface area contributed by atoms with Crippen molar-refractivity contribution in [1.82, 2.24) is 0 Å². The van der Waals surface area contributed by atoms with Gasteiger partial charge in [0.05, 0.1) is 12.7 Å². The Balaban J connectivity index is 0. The Morgan fingerprint density at radius 2 is 1.62 bits per heavy atom. The SMILES string of the molecule is CCC(O)CO.CCCCC(O)O. The zero-order valence-corrected chi connectivity index (χ0v) is 8.48. The van der Waals surface area contributed by atoms with E-state index in [1.807, 2.05) is 13.8 Å². The van der Waals surface area contributed by atoms with E-state index in [0.717, 1.165) is 12.8 Å². The van der Waals surface area contributed by atoms with Crippen LogP contribution in [0, 0.1) is 0 Å². The molecular weight excluding hydrogens is 172 g/mol. The van der Waals surface area contributed by atoms with Crippen molar-refractivity contribution in [3.63, 3.8) is 0 Å². The molecule has 0 saturated carbocycles. The van der Waals surface area contributed by atoms with E-state index < -0.39 is 12.4 Å². The van der Waals surface area contributed by atoms with Gasteiger partial charge in [0.15, 0.2) is 6.29 Å². The van der Waals surface area contributed by atoms with E-state index in [4.69, 9.17) is 20.4 Å². The molecule has 4 heteroatoms. The standard InChI is InChI=1S/C5H12O2.C4H10O2/c1-2-3-4-5(6)7;1-2-4(6)3-5/h5-7H,2-4H2,1H3;4-6H,2-3H2,1H3. The highest BCUT2D eigenvalue weighted by Crippen LogP contribution is 1.95. The van der Waals surface area contributed by atoms with Crippen molar-refractivity contribution >= 4 is 0 Å². The first-order valence-corrected chi connectivity index (χ1v) is 4.73. The zero-order chi connectivity index (χ0) is 10.7. The summed E-state index contributed by atoms with van der Waals surface area (Å²) < 4.78 is 0. The Kier molecular flexibility index (Phi) is 14.0. The van der Waals surface area contributed by atoms with Gasteiger partial charge >= 0.3 is 0 Å². The van der Waals surface area contributed by atoms with Crippen molar-refractivity contribution in [2.24, 2.45) is 0 Å². The Morgan fingerprint density at radius 1 is 1.08 bits per heavy atom. The molecule has 0 bridgehead atoms. The highest BCUT2D eigenvalue weighted by Gasteiger charge is 1.92. The second-order valence-corrected chi connectivity index (χ2v) is 2.87. The molecule has 82 valence electrons. The van der Waals surface area contributed by atoms with Gasteiger partial charge in [-0.05, 0) is 19.3 Å². The molecule has 0 rings (SSSR count). The molecule has 0 aliphatic heterocycles. The van der Waals surface area contributed by atoms with E-state index in [2.05, 4.69) is 0 Å². The number of aliphatic hydroxyl groups excluding tert-OH is 3. The first kappa shape index (κ1) is 15.3. The molecule has 0 saturated heterocycles. The van der Waals surface area contributed by atoms with Gasteiger partial charge in [0.25, 0.3) is 0 Å². The first-order valence-electron chi connectivity index (χ1n) is 4.73. The predicted octanol–water partition coefficient (Wildman–Crippen LogP) is 0.237. The summed E-state index contributed by atoms with van der Waals surface area (Å²) in [5, 5.41) is 33.0. The predicted molar refractivity (Wildman–Crippen MR) is 51.1 cm³/mol. The monoisotopic (exact) mass is 194 g/mol. The number of rotatable bonds is 5. The van der Waals surface area contributed by atoms with Crippen LogP contribution >= 0.6 is 0 Å². The minimum Gasteiger partial charge on any atom is -0.394 e. The van der Waals surface area contributed by atoms with Gasteiger partial charge in [-0.1, -0.05) is 20.3 Å². The summed E-state index contributed by atoms with van der Waals surface area (Å²) in [5.41, 5.74) is 0. The van der Waals surface area contributed by atoms with Crippen LogP contribution in [0.1, 0.15) is 39.5 Å². The Morgan fingerprint density at radius 3 is 1.69 bits per heavy atom. The van der Waals surface area contributed by atoms with Gasteiger partial charge < -0.3 is 20.4 Å². The van der Waals surface area contributed by atoms with Crippen LogP contribution in [0.25, 0.3) is 0 Å². The molecule has 0 radical (unpaired) electrons. The lowest BCUT2D eigenvalue weighted by Gasteiger charge is -1.97. The molecule has 0 aromatic carbocycles. The maximum absolute atomic E-state index is 8.42. The fraction of sp³-hybridized carbons (Fsp3) is 1.00. The van der Waals surface area contributed by atoms with Crippen LogP contribution in [-0.4, -0.2) is 39.4 Å². The second-order valence-electron chi connectivity index (χ2n) is 2.87. The summed E-state index contributed by atoms with van der Waals surface area (Å²) in [6.07, 6.45) is 1.47. The fourth-order valence-corrected chi connectivity index (χ4v) is 0.516. The lowest BCUT2D eigenvalue weighted by Crippen LogP contribution is -2.08. The minimum absolute atomic E-state index is 0.115. The molecule has 0 aliphatic rings. The summed E-state index contributed by atoms with van der Waals surface area (Å²) in [6, 6.07) is 0. The number of hydrogen-bond donors (Lipinski definition) is 4. The van der Waals surface area contributed by atoms with E-state index in [1.165, 1.54) is 0 Å². The van der Waals surface area contributed by atoms with E-state index in [0.29, 0.717) is 12.8 Å². The number of aliphatic hydroxyl groups is 4. The van der Waals surface area contributed by atoms with E-state index in [9.17, 15) is 0 Å². The summed E-state index contributed by atoms with van der Waals surface area (Å²) in [6.45, 7) is 3.72. The summed E-state index contributed by atoms with van der Waals surface area (Å²) >= 11 is 0. The molecule has 0 aromatic rings. The van der Waals surface area contributed by atoms with Crippen LogP contribution in [0.5, 0.6) is 0 Å². The molecule has 0 spiro atoms. The van der Waals surface area contributed by atoms with Gasteiger partial charge in [-0.15, -0.1) is 0 Å². The Labute approximate surface area is 79.8 Å². The lowest BCUT2D eigenvalue weighted by molar-refractivity contribution is -0.0463. The highest BCUT2D eigenvalue weighted by molar-refractivity contribution is 4.43. The number of hydrogen-bond acceptors (Lipinski definition) is 4. The fourth-order valence-electron chi connectivity index (χ4n) is 0.516. The molecular formula is C9H22O4. The van der Waals surface area contributed by atoms with Gasteiger partial charge in [0.2, 0.25) is 0 Å². The van der Waals surface area contributed by atoms with Crippen LogP contribution in [-0.2, 0) is 0 Å². The van der Waals surface area contributed by atoms with E-state index in [1.54, 1.807) is 0 Å². The zero-order valence-electron chi connectivity index (χ0n) is 8.48. The van der Waals surface area contributed by atoms with Crippen LogP contribution < -0.4 is 0 Å². The van der Waals surface area contributed by atoms with E-state index in [-0.39, 0.29) is 6.61 Å². The van der Waals surface area contributed by atoms with Crippen molar-refractivity contribution in [2.45, 2.75) is 51.9 Å². The lowest BCUT2D eigenvalue weighted by atomic mass is 10.2. The molecule has 0 heterocycles. The molecule has 13 heavy (non-hydrogen) atoms. The smallest absolute Gasteiger partial charge is 0.151 e. The van der Waals surface area contributed by atoms with Crippen molar-refractivity contribution in [3.05, 3.63) is 0 Å². The third-order valence-electron chi connectivity index (χ3n) is 1.50. The minimum atomic E-state index is -1.10. The summed E-state index contributed by atoms with van der Waals surface area (Å²) in [4.78, 5) is 0. The van der Waals surface area contributed by atoms with Gasteiger partial charge in [-0.25, -0.2) is 0 Å². The third-order valence-corrected chi connectivity index (χ3v) is 1.50. The van der Waals surface area contributed by atoms with Crippen molar-refractivity contribution in [2.75, 3.05) is 6.61 Å². The van der Waals surface area contributed by atoms with Crippen LogP contribution in [0.15, 0.2) is 0 Å². The highest BCUT2D eigenvalue weighted by atomic mass is 16.5. The summed E-state index contributed by atoms with van der Waals surface area (Å²) in [7, 11) is 0. The maximum Gasteiger partial charge on any atom is 0.151 e. The van der Waals surface area contributed by atoms with Crippen LogP contribution in [0.3, 0.4) is 0 Å². The molecule has 1 unspecified atom stereocenters. The van der Waals surface area contributed by atoms with Crippen molar-refractivity contribution in [3.8, 4) is 0 Å².